The molecule has 110 valence electrons. The van der Waals surface area contributed by atoms with Gasteiger partial charge in [0.15, 0.2) is 0 Å². The van der Waals surface area contributed by atoms with E-state index in [0.29, 0.717) is 22.6 Å². The fourth-order valence-electron chi connectivity index (χ4n) is 2.60. The number of carbonyl (C=O) groups excluding carboxylic acids is 1. The van der Waals surface area contributed by atoms with E-state index in [1.54, 1.807) is 18.2 Å². The van der Waals surface area contributed by atoms with Gasteiger partial charge in [-0.25, -0.2) is 4.79 Å². The number of nitrogen functional groups attached to an aromatic ring is 1. The minimum atomic E-state index is -0.360. The highest BCUT2D eigenvalue weighted by molar-refractivity contribution is 5.97. The van der Waals surface area contributed by atoms with E-state index < -0.39 is 0 Å². The molecule has 1 saturated carbocycles. The molecule has 0 unspecified atom stereocenters. The van der Waals surface area contributed by atoms with Crippen molar-refractivity contribution in [2.24, 2.45) is 0 Å². The summed E-state index contributed by atoms with van der Waals surface area (Å²) in [5.41, 5.74) is 7.26. The first-order chi connectivity index (χ1) is 10.2. The van der Waals surface area contributed by atoms with Crippen molar-refractivity contribution >= 4 is 11.7 Å². The van der Waals surface area contributed by atoms with Gasteiger partial charge in [-0.3, -0.25) is 0 Å². The lowest BCUT2D eigenvalue weighted by Crippen LogP contribution is -2.21. The highest BCUT2D eigenvalue weighted by Gasteiger charge is 2.22. The van der Waals surface area contributed by atoms with E-state index in [9.17, 15) is 4.79 Å². The number of esters is 1. The monoisotopic (exact) mass is 287 g/mol. The molecule has 3 rings (SSSR count). The molecule has 1 heterocycles. The molecular weight excluding hydrogens is 270 g/mol. The van der Waals surface area contributed by atoms with E-state index in [2.05, 4.69) is 20.6 Å². The van der Waals surface area contributed by atoms with Crippen LogP contribution in [0.15, 0.2) is 18.2 Å². The van der Waals surface area contributed by atoms with Crippen LogP contribution in [0.4, 0.5) is 5.69 Å². The third kappa shape index (κ3) is 3.01. The average Bonchev–Trinajstić information content (AvgIpc) is 3.02. The predicted molar refractivity (Wildman–Crippen MR) is 76.3 cm³/mol. The predicted octanol–water partition coefficient (Wildman–Crippen LogP) is 1.94. The van der Waals surface area contributed by atoms with E-state index in [1.165, 1.54) is 6.42 Å². The summed E-state index contributed by atoms with van der Waals surface area (Å²) in [4.78, 5) is 12.4. The molecule has 1 aliphatic rings. The number of hydrogen-bond donors (Lipinski definition) is 2. The SMILES string of the molecule is Nc1ccc(C(=O)OC2CCCCC2)c(-c2nn[nH]n2)c1. The lowest BCUT2D eigenvalue weighted by atomic mass is 9.97. The van der Waals surface area contributed by atoms with Crippen LogP contribution in [0, 0.1) is 0 Å². The van der Waals surface area contributed by atoms with Gasteiger partial charge in [0.25, 0.3) is 0 Å². The standard InChI is InChI=1S/C14H17N5O2/c15-9-6-7-11(12(8-9)13-16-18-19-17-13)14(20)21-10-4-2-1-3-5-10/h6-8,10H,1-5,15H2,(H,16,17,18,19). The van der Waals surface area contributed by atoms with Crippen LogP contribution in [-0.2, 0) is 4.74 Å². The molecule has 1 aliphatic carbocycles. The summed E-state index contributed by atoms with van der Waals surface area (Å²) in [6.07, 6.45) is 5.29. The van der Waals surface area contributed by atoms with Gasteiger partial charge in [-0.2, -0.15) is 5.21 Å². The van der Waals surface area contributed by atoms with Crippen LogP contribution in [0.5, 0.6) is 0 Å². The first-order valence-electron chi connectivity index (χ1n) is 7.08. The van der Waals surface area contributed by atoms with Crippen LogP contribution in [0.2, 0.25) is 0 Å². The summed E-state index contributed by atoms with van der Waals surface area (Å²) in [5.74, 6) is -0.0282. The molecule has 0 saturated heterocycles. The van der Waals surface area contributed by atoms with Crippen molar-refractivity contribution in [3.63, 3.8) is 0 Å². The van der Waals surface area contributed by atoms with Crippen LogP contribution in [0.1, 0.15) is 42.5 Å². The number of hydrogen-bond acceptors (Lipinski definition) is 6. The zero-order valence-corrected chi connectivity index (χ0v) is 11.6. The van der Waals surface area contributed by atoms with Gasteiger partial charge in [-0.1, -0.05) is 6.42 Å². The minimum Gasteiger partial charge on any atom is -0.459 e. The molecule has 0 atom stereocenters. The summed E-state index contributed by atoms with van der Waals surface area (Å²) >= 11 is 0. The van der Waals surface area contributed by atoms with Gasteiger partial charge >= 0.3 is 5.97 Å². The number of carbonyl (C=O) groups is 1. The average molecular weight is 287 g/mol. The Hall–Kier alpha value is -2.44. The van der Waals surface area contributed by atoms with E-state index in [0.717, 1.165) is 25.7 Å². The number of nitrogens with two attached hydrogens (primary N) is 1. The summed E-state index contributed by atoms with van der Waals surface area (Å²) in [6.45, 7) is 0. The molecule has 0 bridgehead atoms. The second-order valence-electron chi connectivity index (χ2n) is 5.21. The Morgan fingerprint density at radius 2 is 2.10 bits per heavy atom. The summed E-state index contributed by atoms with van der Waals surface area (Å²) < 4.78 is 5.59. The Morgan fingerprint density at radius 1 is 1.29 bits per heavy atom. The molecule has 0 aliphatic heterocycles. The minimum absolute atomic E-state index is 0.00178. The van der Waals surface area contributed by atoms with E-state index in [1.807, 2.05) is 0 Å². The van der Waals surface area contributed by atoms with E-state index in [-0.39, 0.29) is 12.1 Å². The van der Waals surface area contributed by atoms with Gasteiger partial charge < -0.3 is 10.5 Å². The second-order valence-corrected chi connectivity index (χ2v) is 5.21. The third-order valence-corrected chi connectivity index (χ3v) is 3.68. The normalized spacial score (nSPS) is 15.8. The quantitative estimate of drug-likeness (QED) is 0.660. The topological polar surface area (TPSA) is 107 Å². The van der Waals surface area contributed by atoms with E-state index >= 15 is 0 Å². The number of ether oxygens (including phenoxy) is 1. The number of nitrogens with zero attached hydrogens (tertiary/aromatic N) is 3. The Kier molecular flexibility index (Phi) is 3.81. The Balaban J connectivity index is 1.85. The first-order valence-corrected chi connectivity index (χ1v) is 7.08. The second kappa shape index (κ2) is 5.90. The highest BCUT2D eigenvalue weighted by atomic mass is 16.5. The molecule has 2 aromatic rings. The molecule has 0 spiro atoms. The highest BCUT2D eigenvalue weighted by Crippen LogP contribution is 2.26. The number of aromatic nitrogens is 4. The number of aromatic amines is 1. The third-order valence-electron chi connectivity index (χ3n) is 3.68. The number of tetrazole rings is 1. The van der Waals surface area contributed by atoms with Gasteiger partial charge in [0.05, 0.1) is 5.56 Å². The van der Waals surface area contributed by atoms with Crippen LogP contribution in [0.25, 0.3) is 11.4 Å². The van der Waals surface area contributed by atoms with E-state index in [4.69, 9.17) is 10.5 Å². The van der Waals surface area contributed by atoms with Crippen molar-refractivity contribution in [3.8, 4) is 11.4 Å². The molecule has 3 N–H and O–H groups in total. The molecule has 21 heavy (non-hydrogen) atoms. The molecule has 7 nitrogen and oxygen atoms in total. The van der Waals surface area contributed by atoms with Crippen molar-refractivity contribution in [1.29, 1.82) is 0 Å². The number of rotatable bonds is 3. The number of anilines is 1. The number of benzene rings is 1. The zero-order valence-electron chi connectivity index (χ0n) is 11.6. The Morgan fingerprint density at radius 3 is 2.81 bits per heavy atom. The molecule has 0 radical (unpaired) electrons. The van der Waals surface area contributed by atoms with Crippen molar-refractivity contribution in [1.82, 2.24) is 20.6 Å². The number of nitrogens with one attached hydrogen (secondary N) is 1. The molecule has 7 heteroatoms. The van der Waals surface area contributed by atoms with Gasteiger partial charge in [0.2, 0.25) is 5.82 Å². The van der Waals surface area contributed by atoms with Crippen LogP contribution in [-0.4, -0.2) is 32.7 Å². The molecular formula is C14H17N5O2. The maximum Gasteiger partial charge on any atom is 0.339 e. The van der Waals surface area contributed by atoms with Crippen molar-refractivity contribution in [2.45, 2.75) is 38.2 Å². The lowest BCUT2D eigenvalue weighted by molar-refractivity contribution is 0.0212. The maximum atomic E-state index is 12.4. The molecule has 1 fully saturated rings. The van der Waals surface area contributed by atoms with Gasteiger partial charge in [0.1, 0.15) is 6.10 Å². The molecule has 1 aromatic heterocycles. The van der Waals surface area contributed by atoms with Crippen LogP contribution in [0.3, 0.4) is 0 Å². The Bertz CT molecular complexity index is 620. The fraction of sp³-hybridized carbons (Fsp3) is 0.429. The largest absolute Gasteiger partial charge is 0.459 e. The van der Waals surface area contributed by atoms with Crippen molar-refractivity contribution < 1.29 is 9.53 Å². The summed E-state index contributed by atoms with van der Waals surface area (Å²) in [5, 5.41) is 13.7. The zero-order chi connectivity index (χ0) is 14.7. The maximum absolute atomic E-state index is 12.4. The van der Waals surface area contributed by atoms with Gasteiger partial charge in [-0.05, 0) is 49.1 Å². The fourth-order valence-corrected chi connectivity index (χ4v) is 2.60. The van der Waals surface area contributed by atoms with Crippen molar-refractivity contribution in [3.05, 3.63) is 23.8 Å². The molecule has 0 amide bonds. The Labute approximate surface area is 121 Å². The van der Waals surface area contributed by atoms with Gasteiger partial charge in [-0.15, -0.1) is 10.2 Å². The van der Waals surface area contributed by atoms with Crippen LogP contribution < -0.4 is 5.73 Å². The van der Waals surface area contributed by atoms with Crippen molar-refractivity contribution in [2.75, 3.05) is 5.73 Å². The number of H-pyrrole nitrogens is 1. The van der Waals surface area contributed by atoms with Gasteiger partial charge in [0, 0.05) is 11.3 Å². The lowest BCUT2D eigenvalue weighted by Gasteiger charge is -2.22. The van der Waals surface area contributed by atoms with Crippen LogP contribution >= 0.6 is 0 Å². The first kappa shape index (κ1) is 13.5. The summed E-state index contributed by atoms with van der Waals surface area (Å²) in [7, 11) is 0. The smallest absolute Gasteiger partial charge is 0.339 e. The molecule has 1 aromatic carbocycles. The summed E-state index contributed by atoms with van der Waals surface area (Å²) in [6, 6.07) is 4.97.